The Labute approximate surface area is 145 Å². The highest BCUT2D eigenvalue weighted by Gasteiger charge is 2.23. The molecule has 8 heteroatoms. The number of ether oxygens (including phenoxy) is 1. The molecule has 134 valence electrons. The third kappa shape index (κ3) is 5.03. The highest BCUT2D eigenvalue weighted by molar-refractivity contribution is 5.96. The van der Waals surface area contributed by atoms with Crippen LogP contribution in [0.1, 0.15) is 42.8 Å². The van der Waals surface area contributed by atoms with Crippen LogP contribution < -0.4 is 10.1 Å². The van der Waals surface area contributed by atoms with Gasteiger partial charge in [-0.05, 0) is 30.2 Å². The molecule has 0 aliphatic carbocycles. The summed E-state index contributed by atoms with van der Waals surface area (Å²) in [5.74, 6) is -0.193. The zero-order chi connectivity index (χ0) is 18.4. The number of carboxylic acid groups (broad SMARTS) is 1. The Bertz CT molecular complexity index is 724. The van der Waals surface area contributed by atoms with E-state index in [0.717, 1.165) is 0 Å². The molecule has 0 saturated heterocycles. The summed E-state index contributed by atoms with van der Waals surface area (Å²) in [5, 5.41) is 15.4. The normalized spacial score (nSPS) is 12.0. The number of aryl methyl sites for hydroxylation is 1. The van der Waals surface area contributed by atoms with Crippen LogP contribution in [0.4, 0.5) is 0 Å². The maximum absolute atomic E-state index is 12.1. The molecule has 0 fully saturated rings. The molecule has 2 aromatic rings. The fourth-order valence-electron chi connectivity index (χ4n) is 2.08. The van der Waals surface area contributed by atoms with Crippen molar-refractivity contribution < 1.29 is 24.0 Å². The molecule has 25 heavy (non-hydrogen) atoms. The predicted octanol–water partition coefficient (Wildman–Crippen LogP) is 2.05. The minimum Gasteiger partial charge on any atom is -0.485 e. The van der Waals surface area contributed by atoms with Crippen LogP contribution in [0.15, 0.2) is 28.8 Å². The lowest BCUT2D eigenvalue weighted by Crippen LogP contribution is -2.44. The van der Waals surface area contributed by atoms with Crippen LogP contribution in [-0.4, -0.2) is 33.2 Å². The Morgan fingerprint density at radius 3 is 2.48 bits per heavy atom. The summed E-state index contributed by atoms with van der Waals surface area (Å²) in [6.07, 6.45) is 0.657. The molecule has 0 spiro atoms. The van der Waals surface area contributed by atoms with Gasteiger partial charge in [-0.1, -0.05) is 25.9 Å². The fourth-order valence-corrected chi connectivity index (χ4v) is 2.08. The Balaban J connectivity index is 1.94. The summed E-state index contributed by atoms with van der Waals surface area (Å²) in [5.41, 5.74) is 0.354. The average Bonchev–Trinajstić information content (AvgIpc) is 3.05. The molecule has 0 aliphatic heterocycles. The molecular weight excluding hydrogens is 326 g/mol. The largest absolute Gasteiger partial charge is 0.485 e. The van der Waals surface area contributed by atoms with Crippen LogP contribution in [0.2, 0.25) is 0 Å². The second-order valence-corrected chi connectivity index (χ2v) is 5.80. The Morgan fingerprint density at radius 1 is 1.28 bits per heavy atom. The van der Waals surface area contributed by atoms with Gasteiger partial charge in [-0.25, -0.2) is 4.79 Å². The van der Waals surface area contributed by atoms with Gasteiger partial charge in [-0.15, -0.1) is 0 Å². The SMILES string of the molecule is CCc1nc(COc2ccc(C(=O)NC(C(=O)O)C(C)C)cc2)no1. The maximum Gasteiger partial charge on any atom is 0.326 e. The molecule has 8 nitrogen and oxygen atoms in total. The Hall–Kier alpha value is -2.90. The van der Waals surface area contributed by atoms with Crippen LogP contribution in [0.5, 0.6) is 5.75 Å². The second kappa shape index (κ2) is 8.27. The standard InChI is InChI=1S/C17H21N3O5/c1-4-14-18-13(20-25-14)9-24-12-7-5-11(6-8-12)16(21)19-15(10(2)3)17(22)23/h5-8,10,15H,4,9H2,1-3H3,(H,19,21)(H,22,23). The quantitative estimate of drug-likeness (QED) is 0.751. The highest BCUT2D eigenvalue weighted by Crippen LogP contribution is 2.14. The van der Waals surface area contributed by atoms with Crippen molar-refractivity contribution in [1.82, 2.24) is 15.5 Å². The van der Waals surface area contributed by atoms with E-state index in [-0.39, 0.29) is 12.5 Å². The molecule has 1 heterocycles. The van der Waals surface area contributed by atoms with Crippen LogP contribution in [-0.2, 0) is 17.8 Å². The first-order valence-electron chi connectivity index (χ1n) is 7.98. The van der Waals surface area contributed by atoms with Gasteiger partial charge in [0, 0.05) is 12.0 Å². The summed E-state index contributed by atoms with van der Waals surface area (Å²) in [7, 11) is 0. The van der Waals surface area contributed by atoms with Crippen LogP contribution in [0, 0.1) is 5.92 Å². The van der Waals surface area contributed by atoms with Gasteiger partial charge in [0.2, 0.25) is 11.7 Å². The van der Waals surface area contributed by atoms with Crippen molar-refractivity contribution in [2.75, 3.05) is 0 Å². The monoisotopic (exact) mass is 347 g/mol. The average molecular weight is 347 g/mol. The van der Waals surface area contributed by atoms with Crippen molar-refractivity contribution >= 4 is 11.9 Å². The zero-order valence-corrected chi connectivity index (χ0v) is 14.4. The molecule has 0 radical (unpaired) electrons. The van der Waals surface area contributed by atoms with Gasteiger partial charge in [0.15, 0.2) is 6.61 Å². The van der Waals surface area contributed by atoms with Gasteiger partial charge in [0.05, 0.1) is 0 Å². The van der Waals surface area contributed by atoms with E-state index in [0.29, 0.717) is 29.4 Å². The van der Waals surface area contributed by atoms with Crippen molar-refractivity contribution in [3.8, 4) is 5.75 Å². The first-order chi connectivity index (χ1) is 11.9. The van der Waals surface area contributed by atoms with E-state index in [4.69, 9.17) is 14.4 Å². The third-order valence-corrected chi connectivity index (χ3v) is 3.52. The first-order valence-corrected chi connectivity index (χ1v) is 7.98. The fraction of sp³-hybridized carbons (Fsp3) is 0.412. The molecule has 1 unspecified atom stereocenters. The molecule has 0 bridgehead atoms. The molecule has 1 amide bonds. The summed E-state index contributed by atoms with van der Waals surface area (Å²) in [6.45, 7) is 5.54. The lowest BCUT2D eigenvalue weighted by molar-refractivity contribution is -0.140. The lowest BCUT2D eigenvalue weighted by atomic mass is 10.0. The van der Waals surface area contributed by atoms with E-state index in [2.05, 4.69) is 15.5 Å². The van der Waals surface area contributed by atoms with E-state index in [9.17, 15) is 9.59 Å². The number of aliphatic carboxylic acids is 1. The molecule has 1 aromatic carbocycles. The van der Waals surface area contributed by atoms with Crippen molar-refractivity contribution in [3.05, 3.63) is 41.5 Å². The topological polar surface area (TPSA) is 115 Å². The number of nitrogens with one attached hydrogen (secondary N) is 1. The third-order valence-electron chi connectivity index (χ3n) is 3.52. The summed E-state index contributed by atoms with van der Waals surface area (Å²) >= 11 is 0. The van der Waals surface area contributed by atoms with Crippen LogP contribution in [0.3, 0.4) is 0 Å². The van der Waals surface area contributed by atoms with E-state index >= 15 is 0 Å². The molecule has 1 aromatic heterocycles. The van der Waals surface area contributed by atoms with E-state index < -0.39 is 17.9 Å². The predicted molar refractivity (Wildman–Crippen MR) is 88.2 cm³/mol. The first kappa shape index (κ1) is 18.4. The van der Waals surface area contributed by atoms with Crippen molar-refractivity contribution in [2.24, 2.45) is 5.92 Å². The maximum atomic E-state index is 12.1. The smallest absolute Gasteiger partial charge is 0.326 e. The molecule has 0 aliphatic rings. The van der Waals surface area contributed by atoms with Crippen molar-refractivity contribution in [1.29, 1.82) is 0 Å². The van der Waals surface area contributed by atoms with E-state index in [1.54, 1.807) is 38.1 Å². The number of aromatic nitrogens is 2. The number of carbonyl (C=O) groups is 2. The summed E-state index contributed by atoms with van der Waals surface area (Å²) in [6, 6.07) is 5.45. The number of carboxylic acids is 1. The Morgan fingerprint density at radius 2 is 1.96 bits per heavy atom. The van der Waals surface area contributed by atoms with E-state index in [1.165, 1.54) is 0 Å². The number of benzene rings is 1. The number of carbonyl (C=O) groups excluding carboxylic acids is 1. The van der Waals surface area contributed by atoms with Gasteiger partial charge in [-0.2, -0.15) is 4.98 Å². The molecule has 0 saturated carbocycles. The molecule has 2 rings (SSSR count). The van der Waals surface area contributed by atoms with E-state index in [1.807, 2.05) is 6.92 Å². The lowest BCUT2D eigenvalue weighted by Gasteiger charge is -2.17. The van der Waals surface area contributed by atoms with Gasteiger partial charge in [-0.3, -0.25) is 4.79 Å². The minimum atomic E-state index is -1.06. The van der Waals surface area contributed by atoms with Crippen LogP contribution >= 0.6 is 0 Å². The van der Waals surface area contributed by atoms with Crippen molar-refractivity contribution in [3.63, 3.8) is 0 Å². The number of hydrogen-bond acceptors (Lipinski definition) is 6. The van der Waals surface area contributed by atoms with Gasteiger partial charge >= 0.3 is 5.97 Å². The zero-order valence-electron chi connectivity index (χ0n) is 14.4. The molecule has 1 atom stereocenters. The summed E-state index contributed by atoms with van der Waals surface area (Å²) < 4.78 is 10.5. The van der Waals surface area contributed by atoms with Gasteiger partial charge in [0.25, 0.3) is 5.91 Å². The second-order valence-electron chi connectivity index (χ2n) is 5.80. The number of rotatable bonds is 8. The van der Waals surface area contributed by atoms with Crippen LogP contribution in [0.25, 0.3) is 0 Å². The highest BCUT2D eigenvalue weighted by atomic mass is 16.5. The van der Waals surface area contributed by atoms with Gasteiger partial charge in [0.1, 0.15) is 11.8 Å². The molecular formula is C17H21N3O5. The summed E-state index contributed by atoms with van der Waals surface area (Å²) in [4.78, 5) is 27.4. The van der Waals surface area contributed by atoms with Crippen molar-refractivity contribution in [2.45, 2.75) is 39.8 Å². The number of amides is 1. The van der Waals surface area contributed by atoms with Gasteiger partial charge < -0.3 is 19.7 Å². The molecule has 2 N–H and O–H groups in total. The number of nitrogens with zero attached hydrogens (tertiary/aromatic N) is 2. The minimum absolute atomic E-state index is 0.156. The number of hydrogen-bond donors (Lipinski definition) is 2. The Kier molecular flexibility index (Phi) is 6.10.